The van der Waals surface area contributed by atoms with Gasteiger partial charge in [0.1, 0.15) is 12.1 Å². The molecule has 4 N–H and O–H groups in total. The highest BCUT2D eigenvalue weighted by Gasteiger charge is 2.27. The highest BCUT2D eigenvalue weighted by molar-refractivity contribution is 7.47. The number of carboxylic acid groups (broad SMARTS) is 1. The number of phosphoric ester groups is 1. The molecule has 0 aliphatic rings. The average molecular weight is 818 g/mol. The average Bonchev–Trinajstić information content (AvgIpc) is 3.18. The van der Waals surface area contributed by atoms with Crippen molar-refractivity contribution in [3.8, 4) is 0 Å². The summed E-state index contributed by atoms with van der Waals surface area (Å²) in [5.41, 5.74) is 5.35. The maximum absolute atomic E-state index is 12.6. The Hall–Kier alpha value is -1.29. The lowest BCUT2D eigenvalue weighted by molar-refractivity contribution is -0.154. The molecule has 0 aromatic heterocycles. The summed E-state index contributed by atoms with van der Waals surface area (Å²) >= 11 is 0. The highest BCUT2D eigenvalue weighted by Crippen LogP contribution is 2.43. The molecule has 10 nitrogen and oxygen atoms in total. The van der Waals surface area contributed by atoms with Gasteiger partial charge in [0.25, 0.3) is 0 Å². The Kier molecular flexibility index (Phi) is 40.9. The fourth-order valence-corrected chi connectivity index (χ4v) is 7.42. The number of nitrogens with two attached hydrogens (primary N) is 1. The molecule has 11 heteroatoms. The van der Waals surface area contributed by atoms with E-state index in [1.165, 1.54) is 141 Å². The molecule has 0 aliphatic heterocycles. The Bertz CT molecular complexity index is 951. The number of carbonyl (C=O) groups is 2. The Morgan fingerprint density at radius 1 is 0.554 bits per heavy atom. The van der Waals surface area contributed by atoms with Crippen LogP contribution in [-0.2, 0) is 32.7 Å². The van der Waals surface area contributed by atoms with Gasteiger partial charge < -0.3 is 25.2 Å². The van der Waals surface area contributed by atoms with Crippen LogP contribution in [0.3, 0.4) is 0 Å². The van der Waals surface area contributed by atoms with Gasteiger partial charge in [-0.3, -0.25) is 18.6 Å². The van der Waals surface area contributed by atoms with E-state index in [0.717, 1.165) is 57.8 Å². The lowest BCUT2D eigenvalue weighted by atomic mass is 10.0. The highest BCUT2D eigenvalue weighted by atomic mass is 31.2. The Labute approximate surface area is 343 Å². The first kappa shape index (κ1) is 54.7. The molecule has 0 aromatic rings. The Morgan fingerprint density at radius 2 is 0.946 bits per heavy atom. The van der Waals surface area contributed by atoms with Gasteiger partial charge in [-0.2, -0.15) is 0 Å². The second kappa shape index (κ2) is 41.9. The predicted molar refractivity (Wildman–Crippen MR) is 231 cm³/mol. The Morgan fingerprint density at radius 3 is 1.41 bits per heavy atom. The van der Waals surface area contributed by atoms with Crippen molar-refractivity contribution >= 4 is 19.8 Å². The fourth-order valence-electron chi connectivity index (χ4n) is 6.65. The number of hydrogen-bond donors (Lipinski definition) is 3. The first-order valence-corrected chi connectivity index (χ1v) is 24.7. The predicted octanol–water partition coefficient (Wildman–Crippen LogP) is 12.9. The molecule has 0 heterocycles. The summed E-state index contributed by atoms with van der Waals surface area (Å²) in [5.74, 6) is -1.78. The van der Waals surface area contributed by atoms with Crippen molar-refractivity contribution in [2.45, 2.75) is 238 Å². The first-order chi connectivity index (χ1) is 27.2. The summed E-state index contributed by atoms with van der Waals surface area (Å²) < 4.78 is 33.3. The topological polar surface area (TPSA) is 155 Å². The molecule has 0 aliphatic carbocycles. The van der Waals surface area contributed by atoms with Crippen LogP contribution >= 0.6 is 7.82 Å². The summed E-state index contributed by atoms with van der Waals surface area (Å²) in [6.45, 7) is 3.87. The van der Waals surface area contributed by atoms with Crippen molar-refractivity contribution in [1.82, 2.24) is 0 Å². The van der Waals surface area contributed by atoms with Crippen molar-refractivity contribution in [2.75, 3.05) is 26.4 Å². The molecule has 0 fully saturated rings. The standard InChI is InChI=1S/C45H88NO9P/c1-3-5-7-9-11-13-15-16-17-18-19-20-21-22-23-24-25-26-28-30-32-34-36-38-52-39-42(40-53-56(50,51)54-41-43(46)45(48)49)55-44(47)37-35-33-31-29-27-14-12-10-8-6-4-2/h10,12,42-43H,3-9,11,13-41,46H2,1-2H3,(H,48,49)(H,50,51)/b12-10-. The lowest BCUT2D eigenvalue weighted by Gasteiger charge is -2.20. The minimum absolute atomic E-state index is 0.0193. The van der Waals surface area contributed by atoms with E-state index in [9.17, 15) is 19.0 Å². The lowest BCUT2D eigenvalue weighted by Crippen LogP contribution is -2.34. The minimum Gasteiger partial charge on any atom is -0.480 e. The summed E-state index contributed by atoms with van der Waals surface area (Å²) in [6, 6.07) is -1.47. The number of unbranched alkanes of at least 4 members (excludes halogenated alkanes) is 29. The van der Waals surface area contributed by atoms with Gasteiger partial charge in [-0.1, -0.05) is 199 Å². The largest absolute Gasteiger partial charge is 0.480 e. The van der Waals surface area contributed by atoms with Crippen LogP contribution in [0, 0.1) is 0 Å². The molecule has 332 valence electrons. The van der Waals surface area contributed by atoms with Crippen LogP contribution in [0.2, 0.25) is 0 Å². The normalized spacial score (nSPS) is 13.9. The SMILES string of the molecule is CCCC/C=C\CCCCCCCC(=O)OC(COCCCCCCCCCCCCCCCCCCCCCCCCC)COP(=O)(O)OCC(N)C(=O)O. The van der Waals surface area contributed by atoms with Gasteiger partial charge in [0.05, 0.1) is 19.8 Å². The number of allylic oxidation sites excluding steroid dienone is 2. The van der Waals surface area contributed by atoms with Crippen LogP contribution in [0.4, 0.5) is 0 Å². The van der Waals surface area contributed by atoms with Gasteiger partial charge >= 0.3 is 19.8 Å². The third-order valence-corrected chi connectivity index (χ3v) is 11.2. The molecule has 56 heavy (non-hydrogen) atoms. The summed E-state index contributed by atoms with van der Waals surface area (Å²) in [7, 11) is -4.61. The van der Waals surface area contributed by atoms with Crippen LogP contribution < -0.4 is 5.73 Å². The number of esters is 1. The van der Waals surface area contributed by atoms with E-state index >= 15 is 0 Å². The molecular formula is C45H88NO9P. The number of hydrogen-bond acceptors (Lipinski definition) is 8. The maximum atomic E-state index is 12.6. The van der Waals surface area contributed by atoms with Gasteiger partial charge in [-0.05, 0) is 32.1 Å². The van der Waals surface area contributed by atoms with Crippen molar-refractivity contribution in [1.29, 1.82) is 0 Å². The zero-order chi connectivity index (χ0) is 41.2. The summed E-state index contributed by atoms with van der Waals surface area (Å²) in [6.07, 6.45) is 44.2. The number of carboxylic acids is 1. The minimum atomic E-state index is -4.61. The fraction of sp³-hybridized carbons (Fsp3) is 0.911. The van der Waals surface area contributed by atoms with Crippen LogP contribution in [0.5, 0.6) is 0 Å². The van der Waals surface area contributed by atoms with Crippen LogP contribution in [0.1, 0.15) is 226 Å². The second-order valence-corrected chi connectivity index (χ2v) is 17.3. The number of carbonyl (C=O) groups excluding carboxylic acids is 1. The van der Waals surface area contributed by atoms with E-state index in [0.29, 0.717) is 13.0 Å². The van der Waals surface area contributed by atoms with Gasteiger partial charge in [0.2, 0.25) is 0 Å². The van der Waals surface area contributed by atoms with Crippen molar-refractivity contribution in [2.24, 2.45) is 5.73 Å². The van der Waals surface area contributed by atoms with Crippen LogP contribution in [0.15, 0.2) is 12.2 Å². The van der Waals surface area contributed by atoms with E-state index in [2.05, 4.69) is 26.0 Å². The molecule has 0 saturated carbocycles. The van der Waals surface area contributed by atoms with Gasteiger partial charge in [0.15, 0.2) is 0 Å². The van der Waals surface area contributed by atoms with Crippen molar-refractivity contribution < 1.29 is 42.7 Å². The van der Waals surface area contributed by atoms with Crippen LogP contribution in [0.25, 0.3) is 0 Å². The second-order valence-electron chi connectivity index (χ2n) is 15.9. The molecule has 0 bridgehead atoms. The monoisotopic (exact) mass is 818 g/mol. The molecule has 3 atom stereocenters. The number of ether oxygens (including phenoxy) is 2. The third kappa shape index (κ3) is 40.9. The van der Waals surface area contributed by atoms with Crippen LogP contribution in [-0.4, -0.2) is 60.5 Å². The molecule has 0 saturated heterocycles. The van der Waals surface area contributed by atoms with E-state index in [4.69, 9.17) is 29.4 Å². The first-order valence-electron chi connectivity index (χ1n) is 23.2. The smallest absolute Gasteiger partial charge is 0.472 e. The van der Waals surface area contributed by atoms with E-state index < -0.39 is 45.1 Å². The summed E-state index contributed by atoms with van der Waals surface area (Å²) in [5, 5.41) is 8.89. The third-order valence-electron chi connectivity index (χ3n) is 10.3. The van der Waals surface area contributed by atoms with E-state index in [1.54, 1.807) is 0 Å². The van der Waals surface area contributed by atoms with Crippen molar-refractivity contribution in [3.05, 3.63) is 12.2 Å². The quantitative estimate of drug-likeness (QED) is 0.0234. The van der Waals surface area contributed by atoms with E-state index in [1.807, 2.05) is 0 Å². The van der Waals surface area contributed by atoms with Crippen molar-refractivity contribution in [3.63, 3.8) is 0 Å². The summed E-state index contributed by atoms with van der Waals surface area (Å²) in [4.78, 5) is 33.5. The van der Waals surface area contributed by atoms with Gasteiger partial charge in [-0.15, -0.1) is 0 Å². The van der Waals surface area contributed by atoms with Gasteiger partial charge in [-0.25, -0.2) is 4.57 Å². The maximum Gasteiger partial charge on any atom is 0.472 e. The molecule has 0 radical (unpaired) electrons. The molecule has 0 spiro atoms. The molecule has 0 rings (SSSR count). The Balaban J connectivity index is 4.04. The molecule has 3 unspecified atom stereocenters. The number of phosphoric acid groups is 1. The van der Waals surface area contributed by atoms with E-state index in [-0.39, 0.29) is 13.0 Å². The number of aliphatic carboxylic acids is 1. The zero-order valence-corrected chi connectivity index (χ0v) is 37.1. The zero-order valence-electron chi connectivity index (χ0n) is 36.2. The molecule has 0 aromatic carbocycles. The molecular weight excluding hydrogens is 729 g/mol. The molecule has 0 amide bonds. The van der Waals surface area contributed by atoms with Gasteiger partial charge in [0, 0.05) is 13.0 Å². The number of rotatable bonds is 45.